The van der Waals surface area contributed by atoms with E-state index in [4.69, 9.17) is 4.74 Å². The lowest BCUT2D eigenvalue weighted by Crippen LogP contribution is -2.06. The fourth-order valence-corrected chi connectivity index (χ4v) is 2.38. The maximum Gasteiger partial charge on any atom is 0.122 e. The second-order valence-electron chi connectivity index (χ2n) is 4.57. The maximum atomic E-state index is 9.29. The molecule has 16 heavy (non-hydrogen) atoms. The first kappa shape index (κ1) is 11.0. The highest BCUT2D eigenvalue weighted by Crippen LogP contribution is 2.53. The summed E-state index contributed by atoms with van der Waals surface area (Å²) in [7, 11) is 1.69. The normalized spacial score (nSPS) is 27.2. The van der Waals surface area contributed by atoms with Gasteiger partial charge in [0.15, 0.2) is 0 Å². The van der Waals surface area contributed by atoms with Crippen molar-refractivity contribution in [3.63, 3.8) is 0 Å². The molecule has 0 bridgehead atoms. The van der Waals surface area contributed by atoms with Crippen molar-refractivity contribution in [1.29, 1.82) is 5.26 Å². The van der Waals surface area contributed by atoms with Crippen LogP contribution in [0.5, 0.6) is 5.75 Å². The zero-order valence-corrected chi connectivity index (χ0v) is 10.1. The number of hydrogen-bond donors (Lipinski definition) is 0. The molecule has 0 N–H and O–H groups in total. The molecule has 2 heteroatoms. The van der Waals surface area contributed by atoms with Gasteiger partial charge in [0.25, 0.3) is 0 Å². The van der Waals surface area contributed by atoms with Crippen LogP contribution in [0, 0.1) is 17.2 Å². The Labute approximate surface area is 96.9 Å². The molecule has 1 aliphatic rings. The first-order chi connectivity index (χ1) is 7.67. The van der Waals surface area contributed by atoms with Crippen molar-refractivity contribution in [2.75, 3.05) is 7.11 Å². The number of rotatable bonds is 3. The lowest BCUT2D eigenvalue weighted by atomic mass is 9.93. The Kier molecular flexibility index (Phi) is 2.63. The molecule has 0 heterocycles. The molecule has 0 spiro atoms. The summed E-state index contributed by atoms with van der Waals surface area (Å²) in [5.74, 6) is 1.41. The van der Waals surface area contributed by atoms with E-state index in [-0.39, 0.29) is 5.41 Å². The summed E-state index contributed by atoms with van der Waals surface area (Å²) in [6.45, 7) is 4.25. The maximum absolute atomic E-state index is 9.29. The van der Waals surface area contributed by atoms with Crippen molar-refractivity contribution in [3.05, 3.63) is 29.3 Å². The van der Waals surface area contributed by atoms with Crippen molar-refractivity contribution in [2.45, 2.75) is 32.1 Å². The minimum Gasteiger partial charge on any atom is -0.496 e. The number of aryl methyl sites for hydroxylation is 1. The van der Waals surface area contributed by atoms with Gasteiger partial charge in [0.1, 0.15) is 5.75 Å². The van der Waals surface area contributed by atoms with Crippen LogP contribution in [0.1, 0.15) is 31.4 Å². The summed E-state index contributed by atoms with van der Waals surface area (Å²) in [4.78, 5) is 0. The van der Waals surface area contributed by atoms with E-state index in [1.807, 2.05) is 12.1 Å². The molecule has 0 aromatic heterocycles. The average molecular weight is 215 g/mol. The number of nitriles is 1. The SMILES string of the molecule is CCc1cc(C2(C#N)CC2C)ccc1OC. The van der Waals surface area contributed by atoms with Gasteiger partial charge in [0, 0.05) is 0 Å². The summed E-state index contributed by atoms with van der Waals surface area (Å²) in [5.41, 5.74) is 2.12. The van der Waals surface area contributed by atoms with E-state index < -0.39 is 0 Å². The quantitative estimate of drug-likeness (QED) is 0.776. The summed E-state index contributed by atoms with van der Waals surface area (Å²) >= 11 is 0. The van der Waals surface area contributed by atoms with Gasteiger partial charge in [0.2, 0.25) is 0 Å². The molecule has 0 amide bonds. The van der Waals surface area contributed by atoms with Gasteiger partial charge in [-0.05, 0) is 36.0 Å². The molecular weight excluding hydrogens is 198 g/mol. The minimum absolute atomic E-state index is 0.226. The van der Waals surface area contributed by atoms with Crippen LogP contribution in [-0.4, -0.2) is 7.11 Å². The third-order valence-electron chi connectivity index (χ3n) is 3.69. The predicted molar refractivity (Wildman–Crippen MR) is 63.4 cm³/mol. The second kappa shape index (κ2) is 3.83. The molecule has 2 rings (SSSR count). The van der Waals surface area contributed by atoms with Crippen molar-refractivity contribution in [2.24, 2.45) is 5.92 Å². The van der Waals surface area contributed by atoms with E-state index in [0.29, 0.717) is 5.92 Å². The summed E-state index contributed by atoms with van der Waals surface area (Å²) in [5, 5.41) is 9.29. The van der Waals surface area contributed by atoms with E-state index in [1.165, 1.54) is 5.56 Å². The second-order valence-corrected chi connectivity index (χ2v) is 4.57. The Morgan fingerprint density at radius 1 is 1.56 bits per heavy atom. The van der Waals surface area contributed by atoms with Crippen molar-refractivity contribution in [3.8, 4) is 11.8 Å². The van der Waals surface area contributed by atoms with Crippen LogP contribution in [0.15, 0.2) is 18.2 Å². The Morgan fingerprint density at radius 3 is 2.69 bits per heavy atom. The fraction of sp³-hybridized carbons (Fsp3) is 0.500. The zero-order chi connectivity index (χ0) is 11.8. The van der Waals surface area contributed by atoms with Crippen LogP contribution in [-0.2, 0) is 11.8 Å². The van der Waals surface area contributed by atoms with E-state index >= 15 is 0 Å². The fourth-order valence-electron chi connectivity index (χ4n) is 2.38. The van der Waals surface area contributed by atoms with E-state index in [1.54, 1.807) is 7.11 Å². The number of hydrogen-bond acceptors (Lipinski definition) is 2. The van der Waals surface area contributed by atoms with E-state index in [2.05, 4.69) is 26.0 Å². The minimum atomic E-state index is -0.226. The molecule has 0 radical (unpaired) electrons. The molecule has 1 saturated carbocycles. The van der Waals surface area contributed by atoms with Gasteiger partial charge in [-0.15, -0.1) is 0 Å². The van der Waals surface area contributed by atoms with Gasteiger partial charge < -0.3 is 4.74 Å². The number of methoxy groups -OCH3 is 1. The van der Waals surface area contributed by atoms with E-state index in [9.17, 15) is 5.26 Å². The summed E-state index contributed by atoms with van der Waals surface area (Å²) in [6, 6.07) is 8.61. The lowest BCUT2D eigenvalue weighted by Gasteiger charge is -2.12. The van der Waals surface area contributed by atoms with E-state index in [0.717, 1.165) is 24.2 Å². The third kappa shape index (κ3) is 1.48. The Bertz CT molecular complexity index is 447. The molecule has 1 fully saturated rings. The smallest absolute Gasteiger partial charge is 0.122 e. The Hall–Kier alpha value is -1.49. The molecule has 1 aliphatic carbocycles. The highest BCUT2D eigenvalue weighted by atomic mass is 16.5. The lowest BCUT2D eigenvalue weighted by molar-refractivity contribution is 0.410. The predicted octanol–water partition coefficient (Wildman–Crippen LogP) is 3.06. The molecule has 0 aliphatic heterocycles. The van der Waals surface area contributed by atoms with Gasteiger partial charge in [-0.25, -0.2) is 0 Å². The number of nitrogens with zero attached hydrogens (tertiary/aromatic N) is 1. The first-order valence-corrected chi connectivity index (χ1v) is 5.76. The zero-order valence-electron chi connectivity index (χ0n) is 10.1. The highest BCUT2D eigenvalue weighted by molar-refractivity contribution is 5.47. The first-order valence-electron chi connectivity index (χ1n) is 5.76. The molecule has 2 atom stereocenters. The summed E-state index contributed by atoms with van der Waals surface area (Å²) in [6.07, 6.45) is 1.92. The van der Waals surface area contributed by atoms with Crippen LogP contribution in [0.25, 0.3) is 0 Å². The summed E-state index contributed by atoms with van der Waals surface area (Å²) < 4.78 is 5.30. The molecular formula is C14H17NO. The standard InChI is InChI=1S/C14H17NO/c1-4-11-7-12(5-6-13(11)16-3)14(9-15)8-10(14)2/h5-7,10H,4,8H2,1-3H3. The van der Waals surface area contributed by atoms with Gasteiger partial charge in [0.05, 0.1) is 18.6 Å². The van der Waals surface area contributed by atoms with Gasteiger partial charge in [-0.2, -0.15) is 5.26 Å². The van der Waals surface area contributed by atoms with Crippen LogP contribution >= 0.6 is 0 Å². The largest absolute Gasteiger partial charge is 0.496 e. The molecule has 1 aromatic rings. The number of ether oxygens (including phenoxy) is 1. The average Bonchev–Trinajstić information content (AvgIpc) is 3.00. The van der Waals surface area contributed by atoms with Crippen molar-refractivity contribution >= 4 is 0 Å². The molecule has 2 unspecified atom stereocenters. The molecule has 2 nitrogen and oxygen atoms in total. The molecule has 0 saturated heterocycles. The van der Waals surface area contributed by atoms with Gasteiger partial charge >= 0.3 is 0 Å². The van der Waals surface area contributed by atoms with Gasteiger partial charge in [-0.1, -0.05) is 26.0 Å². The monoisotopic (exact) mass is 215 g/mol. The molecule has 1 aromatic carbocycles. The van der Waals surface area contributed by atoms with Crippen LogP contribution in [0.3, 0.4) is 0 Å². The third-order valence-corrected chi connectivity index (χ3v) is 3.69. The number of benzene rings is 1. The van der Waals surface area contributed by atoms with Crippen LogP contribution in [0.4, 0.5) is 0 Å². The van der Waals surface area contributed by atoms with Crippen molar-refractivity contribution in [1.82, 2.24) is 0 Å². The Morgan fingerprint density at radius 2 is 2.25 bits per heavy atom. The Balaban J connectivity index is 2.42. The van der Waals surface area contributed by atoms with Gasteiger partial charge in [-0.3, -0.25) is 0 Å². The highest BCUT2D eigenvalue weighted by Gasteiger charge is 2.53. The molecule has 84 valence electrons. The van der Waals surface area contributed by atoms with Crippen LogP contribution < -0.4 is 4.74 Å². The van der Waals surface area contributed by atoms with Crippen LogP contribution in [0.2, 0.25) is 0 Å². The topological polar surface area (TPSA) is 33.0 Å². The van der Waals surface area contributed by atoms with Crippen molar-refractivity contribution < 1.29 is 4.74 Å².